The molecule has 0 aromatic rings. The molecule has 0 spiro atoms. The second-order valence-corrected chi connectivity index (χ2v) is 0. The van der Waals surface area contributed by atoms with Crippen molar-refractivity contribution in [3.8, 4) is 0 Å². The maximum atomic E-state index is 0. The van der Waals surface area contributed by atoms with Gasteiger partial charge in [-0.3, -0.25) is 0 Å². The van der Waals surface area contributed by atoms with E-state index in [-0.39, 0.29) is 100 Å². The molecule has 0 fully saturated rings. The molecule has 0 bridgehead atoms. The van der Waals surface area contributed by atoms with Crippen LogP contribution in [0.1, 0.15) is 0 Å². The molecule has 0 nitrogen and oxygen atoms in total. The molecule has 0 rings (SSSR count). The molecule has 0 radical (unpaired) electrons. The Morgan fingerprint density at radius 3 is 0.750 bits per heavy atom. The van der Waals surface area contributed by atoms with Crippen molar-refractivity contribution in [1.82, 2.24) is 0 Å². The van der Waals surface area contributed by atoms with E-state index >= 15 is 0 Å². The SMILES string of the molecule is Cl.Cl.I.[KH]. The molecule has 0 aliphatic heterocycles. The molecular weight excluding hydrogens is 237 g/mol. The van der Waals surface area contributed by atoms with Crippen molar-refractivity contribution in [3.63, 3.8) is 0 Å². The predicted molar refractivity (Wildman–Crippen MR) is 37.1 cm³/mol. The molecule has 0 aromatic carbocycles. The standard InChI is InChI=1S/2ClH.HI.K.H/h3*1H;;. The van der Waals surface area contributed by atoms with Gasteiger partial charge in [-0.15, -0.1) is 48.8 Å². The Morgan fingerprint density at radius 2 is 0.750 bits per heavy atom. The molecule has 0 aliphatic rings. The molecule has 0 heterocycles. The van der Waals surface area contributed by atoms with Crippen LogP contribution in [0.2, 0.25) is 0 Å². The van der Waals surface area contributed by atoms with Gasteiger partial charge in [0.1, 0.15) is 0 Å². The van der Waals surface area contributed by atoms with Gasteiger partial charge in [-0.2, -0.15) is 0 Å². The first-order valence-corrected chi connectivity index (χ1v) is 0. The first kappa shape index (κ1) is 28.3. The van der Waals surface area contributed by atoms with Crippen molar-refractivity contribution >= 4 is 100 Å². The third-order valence-electron chi connectivity index (χ3n) is 0. The molecule has 0 unspecified atom stereocenters. The Kier molecular flexibility index (Phi) is 119. The third kappa shape index (κ3) is 8.87. The van der Waals surface area contributed by atoms with E-state index in [1.165, 1.54) is 0 Å². The summed E-state index contributed by atoms with van der Waals surface area (Å²) in [7, 11) is 0. The summed E-state index contributed by atoms with van der Waals surface area (Å²) < 4.78 is 0. The molecular formula is H4Cl2IK. The van der Waals surface area contributed by atoms with Gasteiger partial charge in [-0.1, -0.05) is 0 Å². The van der Waals surface area contributed by atoms with Crippen molar-refractivity contribution in [3.05, 3.63) is 0 Å². The van der Waals surface area contributed by atoms with E-state index in [2.05, 4.69) is 0 Å². The first-order chi connectivity index (χ1) is 0. The Hall–Kier alpha value is 2.95. The second kappa shape index (κ2) is 16.8. The van der Waals surface area contributed by atoms with Gasteiger partial charge in [0.05, 0.1) is 0 Å². The van der Waals surface area contributed by atoms with Crippen LogP contribution in [0.3, 0.4) is 0 Å². The second-order valence-electron chi connectivity index (χ2n) is 0. The average molecular weight is 241 g/mol. The Balaban J connectivity index is 0. The van der Waals surface area contributed by atoms with Gasteiger partial charge in [-0.25, -0.2) is 0 Å². The van der Waals surface area contributed by atoms with Crippen LogP contribution in [0.15, 0.2) is 0 Å². The summed E-state index contributed by atoms with van der Waals surface area (Å²) in [5.41, 5.74) is 0. The van der Waals surface area contributed by atoms with Gasteiger partial charge in [0.25, 0.3) is 0 Å². The van der Waals surface area contributed by atoms with Gasteiger partial charge in [0, 0.05) is 0 Å². The van der Waals surface area contributed by atoms with E-state index in [1.54, 1.807) is 0 Å². The molecule has 26 valence electrons. The van der Waals surface area contributed by atoms with E-state index < -0.39 is 0 Å². The summed E-state index contributed by atoms with van der Waals surface area (Å²) in [5, 5.41) is 0. The zero-order valence-corrected chi connectivity index (χ0v) is 5.19. The number of hydrogen-bond acceptors (Lipinski definition) is 0. The minimum absolute atomic E-state index is 0. The molecule has 0 saturated carbocycles. The Morgan fingerprint density at radius 1 is 0.750 bits per heavy atom. The van der Waals surface area contributed by atoms with E-state index in [4.69, 9.17) is 0 Å². The monoisotopic (exact) mass is 240 g/mol. The van der Waals surface area contributed by atoms with Crippen LogP contribution in [0.5, 0.6) is 0 Å². The molecule has 4 heavy (non-hydrogen) atoms. The zero-order valence-electron chi connectivity index (χ0n) is 1.22. The number of halogens is 3. The predicted octanol–water partition coefficient (Wildman–Crippen LogP) is 0.813. The third-order valence-corrected chi connectivity index (χ3v) is 0. The van der Waals surface area contributed by atoms with Crippen LogP contribution in [-0.4, -0.2) is 51.4 Å². The van der Waals surface area contributed by atoms with Crippen molar-refractivity contribution < 1.29 is 0 Å². The molecule has 0 saturated heterocycles. The minimum atomic E-state index is 0. The van der Waals surface area contributed by atoms with Crippen LogP contribution in [0.4, 0.5) is 0 Å². The maximum absolute atomic E-state index is 0. The molecule has 0 aromatic heterocycles. The van der Waals surface area contributed by atoms with Gasteiger partial charge in [-0.05, 0) is 0 Å². The topological polar surface area (TPSA) is 0 Å². The summed E-state index contributed by atoms with van der Waals surface area (Å²) in [4.78, 5) is 0. The summed E-state index contributed by atoms with van der Waals surface area (Å²) in [5.74, 6) is 0. The Labute approximate surface area is 97.7 Å². The van der Waals surface area contributed by atoms with Crippen LogP contribution >= 0.6 is 48.8 Å². The summed E-state index contributed by atoms with van der Waals surface area (Å²) in [6.07, 6.45) is 0. The van der Waals surface area contributed by atoms with E-state index in [0.29, 0.717) is 0 Å². The van der Waals surface area contributed by atoms with Crippen LogP contribution in [0, 0.1) is 0 Å². The number of hydrogen-bond donors (Lipinski definition) is 0. The number of rotatable bonds is 0. The molecule has 0 aliphatic carbocycles. The molecule has 0 amide bonds. The summed E-state index contributed by atoms with van der Waals surface area (Å²) in [6, 6.07) is 0. The van der Waals surface area contributed by atoms with Crippen LogP contribution in [-0.2, 0) is 0 Å². The molecule has 0 N–H and O–H groups in total. The van der Waals surface area contributed by atoms with Crippen molar-refractivity contribution in [1.29, 1.82) is 0 Å². The fraction of sp³-hybridized carbons (Fsp3) is 0. The van der Waals surface area contributed by atoms with E-state index in [9.17, 15) is 0 Å². The summed E-state index contributed by atoms with van der Waals surface area (Å²) in [6.45, 7) is 0. The van der Waals surface area contributed by atoms with Crippen LogP contribution in [0.25, 0.3) is 0 Å². The van der Waals surface area contributed by atoms with Crippen molar-refractivity contribution in [2.24, 2.45) is 0 Å². The normalized spacial score (nSPS) is 0. The quantitative estimate of drug-likeness (QED) is 0.435. The van der Waals surface area contributed by atoms with Crippen LogP contribution < -0.4 is 0 Å². The zero-order chi connectivity index (χ0) is 0. The van der Waals surface area contributed by atoms with Gasteiger partial charge >= 0.3 is 51.4 Å². The van der Waals surface area contributed by atoms with Crippen molar-refractivity contribution in [2.45, 2.75) is 0 Å². The van der Waals surface area contributed by atoms with Gasteiger partial charge in [0.2, 0.25) is 0 Å². The molecule has 4 heteroatoms. The summed E-state index contributed by atoms with van der Waals surface area (Å²) >= 11 is 0. The van der Waals surface area contributed by atoms with Gasteiger partial charge in [0.15, 0.2) is 0 Å². The van der Waals surface area contributed by atoms with E-state index in [1.807, 2.05) is 0 Å². The average Bonchev–Trinajstić information content (AvgIpc) is 0. The fourth-order valence-electron chi connectivity index (χ4n) is 0. The van der Waals surface area contributed by atoms with Gasteiger partial charge < -0.3 is 0 Å². The Bertz CT molecular complexity index is 6.00. The van der Waals surface area contributed by atoms with E-state index in [0.717, 1.165) is 0 Å². The molecule has 0 atom stereocenters. The van der Waals surface area contributed by atoms with Crippen molar-refractivity contribution in [2.75, 3.05) is 0 Å². The fourth-order valence-corrected chi connectivity index (χ4v) is 0. The first-order valence-electron chi connectivity index (χ1n) is 0.